The molecule has 0 saturated heterocycles. The Balaban J connectivity index is 2.71. The summed E-state index contributed by atoms with van der Waals surface area (Å²) in [5.41, 5.74) is 0.542. The van der Waals surface area contributed by atoms with Crippen molar-refractivity contribution in [2.24, 2.45) is 0 Å². The molecule has 0 amide bonds. The highest BCUT2D eigenvalue weighted by atomic mass is 16.3. The Bertz CT molecular complexity index is 217. The Morgan fingerprint density at radius 1 is 1.45 bits per heavy atom. The van der Waals surface area contributed by atoms with Crippen molar-refractivity contribution in [2.75, 3.05) is 13.2 Å². The molecule has 2 N–H and O–H groups in total. The first-order valence-electron chi connectivity index (χ1n) is 3.31. The van der Waals surface area contributed by atoms with Gasteiger partial charge in [0.15, 0.2) is 0 Å². The summed E-state index contributed by atoms with van der Waals surface area (Å²) in [6.07, 6.45) is 3.15. The summed E-state index contributed by atoms with van der Waals surface area (Å²) < 4.78 is 4.97. The number of hydrogen-bond acceptors (Lipinski definition) is 3. The summed E-state index contributed by atoms with van der Waals surface area (Å²) in [6.45, 7) is -0.283. The van der Waals surface area contributed by atoms with E-state index in [1.165, 1.54) is 6.26 Å². The average Bonchev–Trinajstić information content (AvgIpc) is 2.52. The normalized spacial score (nSPS) is 9.64. The molecule has 0 unspecified atom stereocenters. The van der Waals surface area contributed by atoms with Gasteiger partial charge in [0.25, 0.3) is 0 Å². The topological polar surface area (TPSA) is 53.6 Å². The molecule has 1 heterocycles. The van der Waals surface area contributed by atoms with Gasteiger partial charge < -0.3 is 14.6 Å². The fraction of sp³-hybridized carbons (Fsp3) is 0.250. The van der Waals surface area contributed by atoms with Crippen LogP contribution in [0, 0.1) is 0 Å². The van der Waals surface area contributed by atoms with Crippen molar-refractivity contribution < 1.29 is 14.6 Å². The summed E-state index contributed by atoms with van der Waals surface area (Å²) in [6, 6.07) is 3.50. The van der Waals surface area contributed by atoms with Crippen LogP contribution < -0.4 is 0 Å². The minimum absolute atomic E-state index is 0.142. The van der Waals surface area contributed by atoms with E-state index in [0.29, 0.717) is 11.3 Å². The van der Waals surface area contributed by atoms with Gasteiger partial charge in [-0.2, -0.15) is 0 Å². The minimum Gasteiger partial charge on any atom is -0.465 e. The maximum atomic E-state index is 8.65. The molecule has 1 aromatic heterocycles. The molecule has 0 saturated carbocycles. The van der Waals surface area contributed by atoms with Gasteiger partial charge in [-0.25, -0.2) is 0 Å². The van der Waals surface area contributed by atoms with Crippen LogP contribution >= 0.6 is 0 Å². The summed E-state index contributed by atoms with van der Waals surface area (Å²) >= 11 is 0. The Kier molecular flexibility index (Phi) is 2.89. The number of aliphatic hydroxyl groups excluding tert-OH is 2. The molecule has 0 aliphatic carbocycles. The molecule has 3 heteroatoms. The fourth-order valence-corrected chi connectivity index (χ4v) is 0.716. The van der Waals surface area contributed by atoms with E-state index in [4.69, 9.17) is 14.6 Å². The number of rotatable bonds is 3. The molecule has 0 atom stereocenters. The zero-order valence-corrected chi connectivity index (χ0v) is 6.03. The van der Waals surface area contributed by atoms with Crippen LogP contribution in [0.5, 0.6) is 0 Å². The minimum atomic E-state index is -0.142. The van der Waals surface area contributed by atoms with E-state index in [9.17, 15) is 0 Å². The molecule has 1 aromatic rings. The van der Waals surface area contributed by atoms with E-state index >= 15 is 0 Å². The fourth-order valence-electron chi connectivity index (χ4n) is 0.716. The standard InChI is InChI=1S/C8H10O3/c9-5-7(6-10)4-8-2-1-3-11-8/h1-4,9-10H,5-6H2. The van der Waals surface area contributed by atoms with Crippen molar-refractivity contribution in [3.8, 4) is 0 Å². The first kappa shape index (κ1) is 8.04. The lowest BCUT2D eigenvalue weighted by molar-refractivity contribution is 0.278. The van der Waals surface area contributed by atoms with E-state index in [0.717, 1.165) is 0 Å². The lowest BCUT2D eigenvalue weighted by Gasteiger charge is -1.95. The third-order valence-corrected chi connectivity index (χ3v) is 1.30. The number of furan rings is 1. The molecule has 0 spiro atoms. The number of aliphatic hydroxyl groups is 2. The molecule has 60 valence electrons. The molecule has 0 bridgehead atoms. The maximum Gasteiger partial charge on any atom is 0.126 e. The van der Waals surface area contributed by atoms with Gasteiger partial charge in [0.1, 0.15) is 5.76 Å². The van der Waals surface area contributed by atoms with Gasteiger partial charge in [-0.15, -0.1) is 0 Å². The van der Waals surface area contributed by atoms with Crippen LogP contribution in [0.15, 0.2) is 28.4 Å². The second kappa shape index (κ2) is 3.95. The van der Waals surface area contributed by atoms with Crippen molar-refractivity contribution in [1.82, 2.24) is 0 Å². The van der Waals surface area contributed by atoms with Crippen molar-refractivity contribution in [3.05, 3.63) is 29.7 Å². The van der Waals surface area contributed by atoms with Gasteiger partial charge in [-0.05, 0) is 23.8 Å². The van der Waals surface area contributed by atoms with Crippen LogP contribution in [-0.4, -0.2) is 23.4 Å². The lowest BCUT2D eigenvalue weighted by Crippen LogP contribution is -1.94. The summed E-state index contributed by atoms with van der Waals surface area (Å²) in [4.78, 5) is 0. The van der Waals surface area contributed by atoms with Crippen LogP contribution in [0.4, 0.5) is 0 Å². The molecule has 11 heavy (non-hydrogen) atoms. The Hall–Kier alpha value is -1.06. The van der Waals surface area contributed by atoms with E-state index in [1.807, 2.05) is 0 Å². The van der Waals surface area contributed by atoms with Gasteiger partial charge in [-0.3, -0.25) is 0 Å². The third-order valence-electron chi connectivity index (χ3n) is 1.30. The van der Waals surface area contributed by atoms with Gasteiger partial charge >= 0.3 is 0 Å². The van der Waals surface area contributed by atoms with Gasteiger partial charge in [0.2, 0.25) is 0 Å². The van der Waals surface area contributed by atoms with E-state index in [2.05, 4.69) is 0 Å². The van der Waals surface area contributed by atoms with Crippen molar-refractivity contribution >= 4 is 6.08 Å². The molecule has 0 fully saturated rings. The summed E-state index contributed by atoms with van der Waals surface area (Å²) in [5.74, 6) is 0.642. The summed E-state index contributed by atoms with van der Waals surface area (Å²) in [5, 5.41) is 17.3. The Morgan fingerprint density at radius 3 is 2.64 bits per heavy atom. The Labute approximate surface area is 64.6 Å². The van der Waals surface area contributed by atoms with Crippen molar-refractivity contribution in [2.45, 2.75) is 0 Å². The van der Waals surface area contributed by atoms with Crippen LogP contribution in [0.1, 0.15) is 5.76 Å². The maximum absolute atomic E-state index is 8.65. The van der Waals surface area contributed by atoms with Crippen molar-refractivity contribution in [3.63, 3.8) is 0 Å². The van der Waals surface area contributed by atoms with Crippen LogP contribution in [-0.2, 0) is 0 Å². The second-order valence-corrected chi connectivity index (χ2v) is 2.13. The highest BCUT2D eigenvalue weighted by Crippen LogP contribution is 2.05. The molecule has 3 nitrogen and oxygen atoms in total. The molecule has 1 rings (SSSR count). The zero-order chi connectivity index (χ0) is 8.10. The van der Waals surface area contributed by atoms with E-state index in [1.54, 1.807) is 18.2 Å². The molecular weight excluding hydrogens is 144 g/mol. The van der Waals surface area contributed by atoms with Crippen LogP contribution in [0.3, 0.4) is 0 Å². The zero-order valence-electron chi connectivity index (χ0n) is 6.03. The molecule has 0 radical (unpaired) electrons. The third kappa shape index (κ3) is 2.22. The van der Waals surface area contributed by atoms with Crippen molar-refractivity contribution in [1.29, 1.82) is 0 Å². The van der Waals surface area contributed by atoms with Crippen LogP contribution in [0.25, 0.3) is 6.08 Å². The van der Waals surface area contributed by atoms with Crippen LogP contribution in [0.2, 0.25) is 0 Å². The molecule has 0 aliphatic rings. The van der Waals surface area contributed by atoms with E-state index in [-0.39, 0.29) is 13.2 Å². The van der Waals surface area contributed by atoms with E-state index < -0.39 is 0 Å². The molecule has 0 aromatic carbocycles. The predicted molar refractivity (Wildman–Crippen MR) is 40.9 cm³/mol. The largest absolute Gasteiger partial charge is 0.465 e. The molecular formula is C8H10O3. The quantitative estimate of drug-likeness (QED) is 0.672. The predicted octanol–water partition coefficient (Wildman–Crippen LogP) is 0.648. The highest BCUT2D eigenvalue weighted by molar-refractivity contribution is 5.47. The SMILES string of the molecule is OCC(=Cc1ccco1)CO. The monoisotopic (exact) mass is 154 g/mol. The lowest BCUT2D eigenvalue weighted by atomic mass is 10.2. The van der Waals surface area contributed by atoms with Gasteiger partial charge in [0, 0.05) is 0 Å². The first-order valence-corrected chi connectivity index (χ1v) is 3.31. The average molecular weight is 154 g/mol. The summed E-state index contributed by atoms with van der Waals surface area (Å²) in [7, 11) is 0. The second-order valence-electron chi connectivity index (χ2n) is 2.13. The molecule has 0 aliphatic heterocycles. The highest BCUT2D eigenvalue weighted by Gasteiger charge is 1.94. The van der Waals surface area contributed by atoms with Gasteiger partial charge in [0.05, 0.1) is 19.5 Å². The Morgan fingerprint density at radius 2 is 2.18 bits per heavy atom. The van der Waals surface area contributed by atoms with Gasteiger partial charge in [-0.1, -0.05) is 0 Å². The number of hydrogen-bond donors (Lipinski definition) is 2. The smallest absolute Gasteiger partial charge is 0.126 e. The first-order chi connectivity index (χ1) is 5.36.